The summed E-state index contributed by atoms with van der Waals surface area (Å²) in [6, 6.07) is 0. The zero-order chi connectivity index (χ0) is 10.4. The van der Waals surface area contributed by atoms with Gasteiger partial charge < -0.3 is 18.5 Å². The highest BCUT2D eigenvalue weighted by molar-refractivity contribution is 7.74. The van der Waals surface area contributed by atoms with Crippen molar-refractivity contribution in [2.75, 3.05) is 26.4 Å². The van der Waals surface area contributed by atoms with E-state index in [4.69, 9.17) is 0 Å². The largest absolute Gasteiger partial charge is 0.750 e. The van der Waals surface area contributed by atoms with Crippen LogP contribution in [-0.4, -0.2) is 44.9 Å². The summed E-state index contributed by atoms with van der Waals surface area (Å²) in [5.41, 5.74) is 0. The standard InChI is InChI=1S/C8H16N2O3S/c1-2-9-5-6-10(8-9)4-3-7-13-14(11)12/h5-6H,2-4,7-8H2,1H3,(H,11,12)/p-1. The van der Waals surface area contributed by atoms with E-state index in [0.29, 0.717) is 0 Å². The predicted octanol–water partition coefficient (Wildman–Crippen LogP) is 0.253. The molecule has 82 valence electrons. The molecule has 1 atom stereocenters. The van der Waals surface area contributed by atoms with E-state index in [9.17, 15) is 8.76 Å². The van der Waals surface area contributed by atoms with Crippen LogP contribution in [0, 0.1) is 0 Å². The van der Waals surface area contributed by atoms with Crippen LogP contribution in [0.4, 0.5) is 0 Å². The first-order chi connectivity index (χ1) is 6.72. The van der Waals surface area contributed by atoms with Crippen molar-refractivity contribution in [2.24, 2.45) is 0 Å². The van der Waals surface area contributed by atoms with Gasteiger partial charge in [0.2, 0.25) is 0 Å². The molecule has 1 unspecified atom stereocenters. The van der Waals surface area contributed by atoms with Crippen molar-refractivity contribution in [3.63, 3.8) is 0 Å². The van der Waals surface area contributed by atoms with Crippen molar-refractivity contribution in [2.45, 2.75) is 13.3 Å². The fraction of sp³-hybridized carbons (Fsp3) is 0.750. The molecule has 1 aliphatic heterocycles. The van der Waals surface area contributed by atoms with Crippen molar-refractivity contribution in [1.29, 1.82) is 0 Å². The zero-order valence-electron chi connectivity index (χ0n) is 8.22. The minimum Gasteiger partial charge on any atom is -0.750 e. The lowest BCUT2D eigenvalue weighted by atomic mass is 10.4. The summed E-state index contributed by atoms with van der Waals surface area (Å²) in [4.78, 5) is 4.30. The Morgan fingerprint density at radius 3 is 2.79 bits per heavy atom. The summed E-state index contributed by atoms with van der Waals surface area (Å²) in [7, 11) is 0. The van der Waals surface area contributed by atoms with Crippen LogP contribution in [0.2, 0.25) is 0 Å². The quantitative estimate of drug-likeness (QED) is 0.473. The molecule has 1 heterocycles. The van der Waals surface area contributed by atoms with Gasteiger partial charge in [0.1, 0.15) is 0 Å². The van der Waals surface area contributed by atoms with Gasteiger partial charge in [-0.15, -0.1) is 0 Å². The fourth-order valence-corrected chi connectivity index (χ4v) is 1.52. The first kappa shape index (κ1) is 11.5. The Balaban J connectivity index is 2.04. The summed E-state index contributed by atoms with van der Waals surface area (Å²) >= 11 is -2.37. The minimum absolute atomic E-state index is 0.257. The predicted molar refractivity (Wildman–Crippen MR) is 52.6 cm³/mol. The van der Waals surface area contributed by atoms with Crippen molar-refractivity contribution in [3.05, 3.63) is 12.4 Å². The lowest BCUT2D eigenvalue weighted by molar-refractivity contribution is 0.240. The first-order valence-corrected chi connectivity index (χ1v) is 5.61. The molecule has 0 fully saturated rings. The van der Waals surface area contributed by atoms with E-state index in [1.807, 2.05) is 12.4 Å². The van der Waals surface area contributed by atoms with E-state index < -0.39 is 11.4 Å². The molecule has 0 bridgehead atoms. The molecule has 0 saturated heterocycles. The van der Waals surface area contributed by atoms with E-state index in [0.717, 1.165) is 26.2 Å². The Kier molecular flexibility index (Phi) is 4.92. The van der Waals surface area contributed by atoms with Crippen LogP contribution in [-0.2, 0) is 15.5 Å². The van der Waals surface area contributed by atoms with Gasteiger partial charge in [-0.3, -0.25) is 0 Å². The summed E-state index contributed by atoms with van der Waals surface area (Å²) in [5, 5.41) is 0. The van der Waals surface area contributed by atoms with Crippen LogP contribution in [0.15, 0.2) is 12.4 Å². The molecule has 6 heteroatoms. The molecule has 0 aromatic rings. The van der Waals surface area contributed by atoms with Crippen LogP contribution in [0.3, 0.4) is 0 Å². The molecule has 0 N–H and O–H groups in total. The van der Waals surface area contributed by atoms with E-state index >= 15 is 0 Å². The Bertz CT molecular complexity index is 223. The van der Waals surface area contributed by atoms with Gasteiger partial charge in [0.25, 0.3) is 0 Å². The van der Waals surface area contributed by atoms with Crippen LogP contribution in [0.25, 0.3) is 0 Å². The third kappa shape index (κ3) is 4.08. The van der Waals surface area contributed by atoms with E-state index in [1.165, 1.54) is 0 Å². The number of hydrogen-bond donors (Lipinski definition) is 0. The third-order valence-corrected chi connectivity index (χ3v) is 2.39. The monoisotopic (exact) mass is 219 g/mol. The molecule has 0 spiro atoms. The topological polar surface area (TPSA) is 55.8 Å². The van der Waals surface area contributed by atoms with Crippen LogP contribution >= 0.6 is 0 Å². The van der Waals surface area contributed by atoms with Gasteiger partial charge >= 0.3 is 0 Å². The molecule has 0 aliphatic carbocycles. The maximum atomic E-state index is 10.0. The number of hydrogen-bond acceptors (Lipinski definition) is 5. The Labute approximate surface area is 86.8 Å². The second-order valence-corrected chi connectivity index (χ2v) is 3.68. The summed E-state index contributed by atoms with van der Waals surface area (Å²) in [6.45, 7) is 5.05. The third-order valence-electron chi connectivity index (χ3n) is 2.03. The summed E-state index contributed by atoms with van der Waals surface area (Å²) in [6.07, 6.45) is 4.76. The molecule has 1 rings (SSSR count). The summed E-state index contributed by atoms with van der Waals surface area (Å²) in [5.74, 6) is 0. The SMILES string of the molecule is CCN1C=CN(CCCOS(=O)[O-])C1. The highest BCUT2D eigenvalue weighted by Crippen LogP contribution is 2.06. The van der Waals surface area contributed by atoms with Crippen molar-refractivity contribution in [3.8, 4) is 0 Å². The molecule has 0 aromatic carbocycles. The second-order valence-electron chi connectivity index (χ2n) is 3.04. The van der Waals surface area contributed by atoms with Gasteiger partial charge in [0, 0.05) is 25.5 Å². The Morgan fingerprint density at radius 1 is 1.50 bits per heavy atom. The molecule has 1 aliphatic rings. The molecule has 0 radical (unpaired) electrons. The molecular formula is C8H15N2O3S-. The van der Waals surface area contributed by atoms with Gasteiger partial charge in [-0.1, -0.05) is 0 Å². The van der Waals surface area contributed by atoms with Gasteiger partial charge in [-0.2, -0.15) is 0 Å². The van der Waals surface area contributed by atoms with Gasteiger partial charge in [-0.25, -0.2) is 4.21 Å². The van der Waals surface area contributed by atoms with Crippen molar-refractivity contribution in [1.82, 2.24) is 9.80 Å². The zero-order valence-corrected chi connectivity index (χ0v) is 9.03. The van der Waals surface area contributed by atoms with Crippen LogP contribution in [0.5, 0.6) is 0 Å². The molecule has 5 nitrogen and oxygen atoms in total. The second kappa shape index (κ2) is 6.00. The van der Waals surface area contributed by atoms with Gasteiger partial charge in [0.05, 0.1) is 24.6 Å². The van der Waals surface area contributed by atoms with Gasteiger partial charge in [0.15, 0.2) is 0 Å². The highest BCUT2D eigenvalue weighted by Gasteiger charge is 2.08. The molecule has 0 amide bonds. The Hall–Kier alpha value is -0.590. The van der Waals surface area contributed by atoms with E-state index in [1.54, 1.807) is 0 Å². The molecule has 14 heavy (non-hydrogen) atoms. The number of rotatable bonds is 6. The Morgan fingerprint density at radius 2 is 2.21 bits per heavy atom. The van der Waals surface area contributed by atoms with Crippen molar-refractivity contribution >= 4 is 11.4 Å². The average molecular weight is 219 g/mol. The maximum Gasteiger partial charge on any atom is 0.0893 e. The molecule has 0 saturated carbocycles. The minimum atomic E-state index is -2.37. The lowest BCUT2D eigenvalue weighted by Gasteiger charge is -2.19. The first-order valence-electron chi connectivity index (χ1n) is 4.61. The maximum absolute atomic E-state index is 10.0. The molecular weight excluding hydrogens is 204 g/mol. The smallest absolute Gasteiger partial charge is 0.0893 e. The van der Waals surface area contributed by atoms with Gasteiger partial charge in [-0.05, 0) is 13.3 Å². The fourth-order valence-electron chi connectivity index (χ4n) is 1.26. The lowest BCUT2D eigenvalue weighted by Crippen LogP contribution is -2.26. The van der Waals surface area contributed by atoms with E-state index in [-0.39, 0.29) is 6.61 Å². The van der Waals surface area contributed by atoms with Crippen molar-refractivity contribution < 1.29 is 12.9 Å². The molecule has 0 aromatic heterocycles. The normalized spacial score (nSPS) is 17.9. The average Bonchev–Trinajstić information content (AvgIpc) is 2.60. The highest BCUT2D eigenvalue weighted by atomic mass is 32.2. The van der Waals surface area contributed by atoms with E-state index in [2.05, 4.69) is 20.9 Å². The number of nitrogens with zero attached hydrogens (tertiary/aromatic N) is 2. The van der Waals surface area contributed by atoms with Crippen LogP contribution < -0.4 is 0 Å². The summed E-state index contributed by atoms with van der Waals surface area (Å²) < 4.78 is 24.5. The van der Waals surface area contributed by atoms with Crippen LogP contribution in [0.1, 0.15) is 13.3 Å².